The molecular weight excluding hydrogens is 309 g/mol. The number of hydrogen-bond acceptors (Lipinski definition) is 3. The van der Waals surface area contributed by atoms with E-state index in [1.807, 2.05) is 24.3 Å². The maximum Gasteiger partial charge on any atom is 0.223 e. The number of carbonyl (C=O) groups is 1. The van der Waals surface area contributed by atoms with E-state index in [4.69, 9.17) is 4.74 Å². The number of rotatable bonds is 5. The van der Waals surface area contributed by atoms with E-state index in [1.54, 1.807) is 12.1 Å². The van der Waals surface area contributed by atoms with Crippen molar-refractivity contribution in [2.24, 2.45) is 0 Å². The summed E-state index contributed by atoms with van der Waals surface area (Å²) in [5.74, 6) is -0.712. The van der Waals surface area contributed by atoms with Gasteiger partial charge in [-0.05, 0) is 23.6 Å². The largest absolute Gasteiger partial charge is 0.386 e. The molecule has 0 bridgehead atoms. The van der Waals surface area contributed by atoms with Gasteiger partial charge in [-0.1, -0.05) is 42.5 Å². The van der Waals surface area contributed by atoms with Crippen LogP contribution in [-0.4, -0.2) is 24.2 Å². The molecule has 0 aliphatic carbocycles. The molecule has 2 atom stereocenters. The van der Waals surface area contributed by atoms with Gasteiger partial charge in [-0.15, -0.1) is 0 Å². The molecule has 5 heteroatoms. The fourth-order valence-electron chi connectivity index (χ4n) is 2.95. The van der Waals surface area contributed by atoms with Crippen LogP contribution in [0.15, 0.2) is 48.5 Å². The average Bonchev–Trinajstić information content (AvgIpc) is 2.60. The van der Waals surface area contributed by atoms with E-state index in [1.165, 1.54) is 17.7 Å². The van der Waals surface area contributed by atoms with Crippen LogP contribution in [0.1, 0.15) is 35.3 Å². The number of aliphatic hydroxyl groups excluding tert-OH is 1. The molecular formula is C19H20FNO3. The Balaban J connectivity index is 1.56. The van der Waals surface area contributed by atoms with Crippen LogP contribution in [0, 0.1) is 5.82 Å². The first-order valence-electron chi connectivity index (χ1n) is 8.03. The molecule has 0 saturated carbocycles. The number of benzene rings is 2. The van der Waals surface area contributed by atoms with Gasteiger partial charge in [-0.25, -0.2) is 4.39 Å². The Bertz CT molecular complexity index is 719. The smallest absolute Gasteiger partial charge is 0.223 e. The van der Waals surface area contributed by atoms with Gasteiger partial charge < -0.3 is 15.2 Å². The number of ether oxygens (including phenoxy) is 1. The zero-order chi connectivity index (χ0) is 16.9. The molecule has 0 spiro atoms. The summed E-state index contributed by atoms with van der Waals surface area (Å²) in [6.07, 6.45) is -0.323. The van der Waals surface area contributed by atoms with Gasteiger partial charge in [0.2, 0.25) is 5.91 Å². The van der Waals surface area contributed by atoms with Gasteiger partial charge in [0.25, 0.3) is 0 Å². The van der Waals surface area contributed by atoms with Gasteiger partial charge in [-0.2, -0.15) is 0 Å². The Labute approximate surface area is 140 Å². The summed E-state index contributed by atoms with van der Waals surface area (Å²) in [5, 5.41) is 12.7. The predicted molar refractivity (Wildman–Crippen MR) is 87.8 cm³/mol. The molecule has 24 heavy (non-hydrogen) atoms. The van der Waals surface area contributed by atoms with E-state index in [-0.39, 0.29) is 30.5 Å². The SMILES string of the molecule is O=C(CC1OCCc2ccccc21)NCC(O)c1ccccc1F. The summed E-state index contributed by atoms with van der Waals surface area (Å²) >= 11 is 0. The Kier molecular flexibility index (Phi) is 5.23. The highest BCUT2D eigenvalue weighted by molar-refractivity contribution is 5.76. The van der Waals surface area contributed by atoms with Gasteiger partial charge in [0.05, 0.1) is 25.2 Å². The second-order valence-electron chi connectivity index (χ2n) is 5.85. The fraction of sp³-hybridized carbons (Fsp3) is 0.316. The first-order chi connectivity index (χ1) is 11.6. The molecule has 1 amide bonds. The summed E-state index contributed by atoms with van der Waals surface area (Å²) in [5.41, 5.74) is 2.42. The number of fused-ring (bicyclic) bond motifs is 1. The molecule has 2 unspecified atom stereocenters. The second-order valence-corrected chi connectivity index (χ2v) is 5.85. The standard InChI is InChI=1S/C19H20FNO3/c20-16-8-4-3-7-15(16)17(22)12-21-19(23)11-18-14-6-2-1-5-13(14)9-10-24-18/h1-8,17-18,22H,9-12H2,(H,21,23). The van der Waals surface area contributed by atoms with E-state index < -0.39 is 11.9 Å². The third-order valence-corrected chi connectivity index (χ3v) is 4.22. The highest BCUT2D eigenvalue weighted by atomic mass is 19.1. The number of nitrogens with one attached hydrogen (secondary N) is 1. The van der Waals surface area contributed by atoms with Crippen molar-refractivity contribution in [2.45, 2.75) is 25.0 Å². The summed E-state index contributed by atoms with van der Waals surface area (Å²) in [6.45, 7) is 0.556. The van der Waals surface area contributed by atoms with Crippen LogP contribution in [0.4, 0.5) is 4.39 Å². The monoisotopic (exact) mass is 329 g/mol. The first-order valence-corrected chi connectivity index (χ1v) is 8.03. The second kappa shape index (κ2) is 7.55. The topological polar surface area (TPSA) is 58.6 Å². The summed E-state index contributed by atoms with van der Waals surface area (Å²) in [4.78, 5) is 12.1. The van der Waals surface area contributed by atoms with Crippen LogP contribution >= 0.6 is 0 Å². The molecule has 0 fully saturated rings. The molecule has 0 saturated heterocycles. The third kappa shape index (κ3) is 3.80. The number of amides is 1. The van der Waals surface area contributed by atoms with E-state index in [2.05, 4.69) is 5.32 Å². The fourth-order valence-corrected chi connectivity index (χ4v) is 2.95. The lowest BCUT2D eigenvalue weighted by molar-refractivity contribution is -0.124. The average molecular weight is 329 g/mol. The van der Waals surface area contributed by atoms with Crippen molar-refractivity contribution in [1.82, 2.24) is 5.32 Å². The molecule has 0 radical (unpaired) electrons. The van der Waals surface area contributed by atoms with Gasteiger partial charge >= 0.3 is 0 Å². The lowest BCUT2D eigenvalue weighted by atomic mass is 9.95. The van der Waals surface area contributed by atoms with Crippen LogP contribution < -0.4 is 5.32 Å². The van der Waals surface area contributed by atoms with Crippen molar-refractivity contribution >= 4 is 5.91 Å². The minimum absolute atomic E-state index is 0.0336. The van der Waals surface area contributed by atoms with E-state index >= 15 is 0 Å². The highest BCUT2D eigenvalue weighted by Gasteiger charge is 2.23. The van der Waals surface area contributed by atoms with E-state index in [0.29, 0.717) is 6.61 Å². The molecule has 0 aromatic heterocycles. The Morgan fingerprint density at radius 2 is 2.00 bits per heavy atom. The molecule has 3 rings (SSSR count). The lowest BCUT2D eigenvalue weighted by Crippen LogP contribution is -2.31. The summed E-state index contributed by atoms with van der Waals surface area (Å²) in [6, 6.07) is 13.9. The van der Waals surface area contributed by atoms with Gasteiger partial charge in [-0.3, -0.25) is 4.79 Å². The summed E-state index contributed by atoms with van der Waals surface area (Å²) in [7, 11) is 0. The number of hydrogen-bond donors (Lipinski definition) is 2. The number of carbonyl (C=O) groups excluding carboxylic acids is 1. The number of halogens is 1. The zero-order valence-electron chi connectivity index (χ0n) is 13.2. The first kappa shape index (κ1) is 16.6. The van der Waals surface area contributed by atoms with Crippen molar-refractivity contribution < 1.29 is 19.0 Å². The molecule has 2 aromatic carbocycles. The molecule has 4 nitrogen and oxygen atoms in total. The maximum absolute atomic E-state index is 13.6. The van der Waals surface area contributed by atoms with Crippen LogP contribution in [0.3, 0.4) is 0 Å². The van der Waals surface area contributed by atoms with E-state index in [9.17, 15) is 14.3 Å². The minimum Gasteiger partial charge on any atom is -0.386 e. The highest BCUT2D eigenvalue weighted by Crippen LogP contribution is 2.29. The Hall–Kier alpha value is -2.24. The van der Waals surface area contributed by atoms with Crippen molar-refractivity contribution in [3.05, 3.63) is 71.0 Å². The van der Waals surface area contributed by atoms with Crippen LogP contribution in [0.25, 0.3) is 0 Å². The van der Waals surface area contributed by atoms with Crippen molar-refractivity contribution in [3.8, 4) is 0 Å². The summed E-state index contributed by atoms with van der Waals surface area (Å²) < 4.78 is 19.3. The van der Waals surface area contributed by atoms with Crippen LogP contribution in [0.2, 0.25) is 0 Å². The molecule has 1 aliphatic heterocycles. The van der Waals surface area contributed by atoms with E-state index in [0.717, 1.165) is 12.0 Å². The molecule has 126 valence electrons. The molecule has 2 aromatic rings. The van der Waals surface area contributed by atoms with Gasteiger partial charge in [0, 0.05) is 12.1 Å². The van der Waals surface area contributed by atoms with Crippen molar-refractivity contribution in [3.63, 3.8) is 0 Å². The van der Waals surface area contributed by atoms with Crippen molar-refractivity contribution in [1.29, 1.82) is 0 Å². The van der Waals surface area contributed by atoms with Gasteiger partial charge in [0.1, 0.15) is 5.82 Å². The quantitative estimate of drug-likeness (QED) is 0.887. The van der Waals surface area contributed by atoms with Gasteiger partial charge in [0.15, 0.2) is 0 Å². The van der Waals surface area contributed by atoms with Crippen LogP contribution in [0.5, 0.6) is 0 Å². The number of aliphatic hydroxyl groups is 1. The lowest BCUT2D eigenvalue weighted by Gasteiger charge is -2.25. The predicted octanol–water partition coefficient (Wildman–Crippen LogP) is 2.68. The van der Waals surface area contributed by atoms with Crippen molar-refractivity contribution in [2.75, 3.05) is 13.2 Å². The molecule has 1 aliphatic rings. The third-order valence-electron chi connectivity index (χ3n) is 4.22. The Morgan fingerprint density at radius 3 is 2.83 bits per heavy atom. The van der Waals surface area contributed by atoms with Crippen LogP contribution in [-0.2, 0) is 16.0 Å². The molecule has 1 heterocycles. The normalized spacial score (nSPS) is 17.8. The minimum atomic E-state index is -1.07. The molecule has 2 N–H and O–H groups in total. The maximum atomic E-state index is 13.6. The zero-order valence-corrected chi connectivity index (χ0v) is 13.2. The Morgan fingerprint density at radius 1 is 1.25 bits per heavy atom.